The van der Waals surface area contributed by atoms with Crippen molar-refractivity contribution in [3.63, 3.8) is 0 Å². The molecule has 1 aliphatic rings. The van der Waals surface area contributed by atoms with Crippen molar-refractivity contribution in [1.82, 2.24) is 19.5 Å². The van der Waals surface area contributed by atoms with Gasteiger partial charge in [0.25, 0.3) is 0 Å². The molecule has 0 fully saturated rings. The number of para-hydroxylation sites is 1. The van der Waals surface area contributed by atoms with Gasteiger partial charge in [0.05, 0.1) is 11.0 Å². The van der Waals surface area contributed by atoms with Crippen molar-refractivity contribution < 1.29 is 4.57 Å². The minimum Gasteiger partial charge on any atom is -0.309 e. The van der Waals surface area contributed by atoms with Gasteiger partial charge in [-0.15, -0.1) is 0 Å². The Labute approximate surface area is 259 Å². The van der Waals surface area contributed by atoms with E-state index in [0.29, 0.717) is 17.6 Å². The zero-order chi connectivity index (χ0) is 30.0. The Balaban J connectivity index is 1.37. The number of hydrogen-bond donors (Lipinski definition) is 0. The Kier molecular flexibility index (Phi) is 5.71. The van der Waals surface area contributed by atoms with Crippen LogP contribution in [0.2, 0.25) is 0 Å². The van der Waals surface area contributed by atoms with Crippen LogP contribution in [0.3, 0.4) is 0 Å². The molecule has 2 aromatic heterocycles. The smallest absolute Gasteiger partial charge is 0.238 e. The van der Waals surface area contributed by atoms with Crippen LogP contribution in [0.1, 0.15) is 0 Å². The second-order valence-corrected chi connectivity index (χ2v) is 13.9. The van der Waals surface area contributed by atoms with E-state index in [-0.39, 0.29) is 0 Å². The monoisotopic (exact) mass is 596 g/mol. The number of aromatic nitrogens is 4. The average molecular weight is 597 g/mol. The highest BCUT2D eigenvalue weighted by Crippen LogP contribution is 2.53. The van der Waals surface area contributed by atoms with E-state index in [9.17, 15) is 0 Å². The highest BCUT2D eigenvalue weighted by molar-refractivity contribution is 7.86. The lowest BCUT2D eigenvalue weighted by molar-refractivity contribution is 0.593. The van der Waals surface area contributed by atoms with Crippen LogP contribution in [0.15, 0.2) is 152 Å². The van der Waals surface area contributed by atoms with E-state index in [0.717, 1.165) is 60.0 Å². The van der Waals surface area contributed by atoms with E-state index < -0.39 is 7.14 Å². The number of rotatable bonds is 4. The molecule has 1 unspecified atom stereocenters. The minimum atomic E-state index is -3.09. The lowest BCUT2D eigenvalue weighted by atomic mass is 10.0. The fourth-order valence-electron chi connectivity index (χ4n) is 6.61. The van der Waals surface area contributed by atoms with Gasteiger partial charge in [0.15, 0.2) is 18.8 Å². The summed E-state index contributed by atoms with van der Waals surface area (Å²) in [5.74, 6) is 1.74. The van der Waals surface area contributed by atoms with E-state index in [2.05, 4.69) is 34.9 Å². The first-order valence-corrected chi connectivity index (χ1v) is 16.6. The van der Waals surface area contributed by atoms with Gasteiger partial charge in [0.2, 0.25) is 5.95 Å². The lowest BCUT2D eigenvalue weighted by Gasteiger charge is -2.16. The Morgan fingerprint density at radius 3 is 1.73 bits per heavy atom. The molecule has 0 aliphatic carbocycles. The van der Waals surface area contributed by atoms with Gasteiger partial charge in [-0.3, -0.25) is 4.57 Å². The molecular formula is C39H25N4OP. The third kappa shape index (κ3) is 3.88. The highest BCUT2D eigenvalue weighted by atomic mass is 31.2. The van der Waals surface area contributed by atoms with Gasteiger partial charge in [-0.25, -0.2) is 4.98 Å². The van der Waals surface area contributed by atoms with Crippen molar-refractivity contribution >= 4 is 44.9 Å². The Morgan fingerprint density at radius 2 is 1.04 bits per heavy atom. The van der Waals surface area contributed by atoms with Crippen LogP contribution in [0.4, 0.5) is 0 Å². The first kappa shape index (κ1) is 25.8. The van der Waals surface area contributed by atoms with E-state index in [1.54, 1.807) is 0 Å². The summed E-state index contributed by atoms with van der Waals surface area (Å²) in [7, 11) is -3.09. The molecular weight excluding hydrogens is 571 g/mol. The van der Waals surface area contributed by atoms with E-state index in [4.69, 9.17) is 15.0 Å². The molecule has 45 heavy (non-hydrogen) atoms. The summed E-state index contributed by atoms with van der Waals surface area (Å²) in [5.41, 5.74) is 5.74. The molecule has 6 heteroatoms. The molecule has 8 aromatic rings. The van der Waals surface area contributed by atoms with Crippen molar-refractivity contribution in [1.29, 1.82) is 0 Å². The summed E-state index contributed by atoms with van der Waals surface area (Å²) in [6.07, 6.45) is 0. The van der Waals surface area contributed by atoms with Crippen LogP contribution in [-0.4, -0.2) is 19.5 Å². The highest BCUT2D eigenvalue weighted by Gasteiger charge is 2.40. The number of nitrogens with zero attached hydrogens (tertiary/aromatic N) is 4. The molecule has 5 nitrogen and oxygen atoms in total. The predicted octanol–water partition coefficient (Wildman–Crippen LogP) is 7.92. The molecule has 6 aromatic carbocycles. The summed E-state index contributed by atoms with van der Waals surface area (Å²) in [4.78, 5) is 15.1. The zero-order valence-corrected chi connectivity index (χ0v) is 25.0. The standard InChI is InChI=1S/C39H25N4OP/c44-45(28-18-8-3-9-19-28)35-23-13-11-21-30(35)32-24-34-31(25-36(32)45)29-20-10-12-22-33(29)43(34)39-41-37(26-14-4-1-5-15-26)40-38(42-39)27-16-6-2-7-17-27/h1-25H. The molecule has 1 atom stereocenters. The summed E-state index contributed by atoms with van der Waals surface area (Å²) < 4.78 is 17.4. The van der Waals surface area contributed by atoms with Gasteiger partial charge in [-0.1, -0.05) is 133 Å². The Hall–Kier alpha value is -5.64. The Bertz CT molecular complexity index is 2400. The first-order valence-electron chi connectivity index (χ1n) is 14.9. The van der Waals surface area contributed by atoms with Gasteiger partial charge >= 0.3 is 0 Å². The molecule has 212 valence electrons. The second-order valence-electron chi connectivity index (χ2n) is 11.2. The summed E-state index contributed by atoms with van der Waals surface area (Å²) in [6, 6.07) is 50.6. The first-order chi connectivity index (χ1) is 22.2. The van der Waals surface area contributed by atoms with Crippen LogP contribution in [-0.2, 0) is 4.57 Å². The van der Waals surface area contributed by atoms with E-state index in [1.807, 2.05) is 121 Å². The summed E-state index contributed by atoms with van der Waals surface area (Å²) in [5, 5.41) is 4.66. The van der Waals surface area contributed by atoms with Crippen molar-refractivity contribution in [2.45, 2.75) is 0 Å². The fourth-order valence-corrected chi connectivity index (χ4v) is 9.69. The maximum absolute atomic E-state index is 15.3. The third-order valence-electron chi connectivity index (χ3n) is 8.67. The molecule has 0 radical (unpaired) electrons. The van der Waals surface area contributed by atoms with Gasteiger partial charge < -0.3 is 4.57 Å². The molecule has 0 spiro atoms. The van der Waals surface area contributed by atoms with E-state index in [1.165, 1.54) is 0 Å². The number of hydrogen-bond acceptors (Lipinski definition) is 4. The van der Waals surface area contributed by atoms with Crippen LogP contribution in [0, 0.1) is 0 Å². The van der Waals surface area contributed by atoms with Gasteiger partial charge in [-0.2, -0.15) is 9.97 Å². The normalized spacial score (nSPS) is 15.3. The molecule has 0 saturated carbocycles. The maximum atomic E-state index is 15.3. The van der Waals surface area contributed by atoms with E-state index >= 15 is 4.57 Å². The van der Waals surface area contributed by atoms with Gasteiger partial charge in [0, 0.05) is 37.8 Å². The molecule has 9 rings (SSSR count). The topological polar surface area (TPSA) is 60.7 Å². The molecule has 0 amide bonds. The number of benzene rings is 6. The third-order valence-corrected chi connectivity index (χ3v) is 11.8. The molecule has 0 bridgehead atoms. The SMILES string of the molecule is O=P1(c2ccccc2)c2ccccc2-c2cc3c(cc21)c1ccccc1n3-c1nc(-c2ccccc2)nc(-c2ccccc2)n1. The lowest BCUT2D eigenvalue weighted by Crippen LogP contribution is -2.20. The maximum Gasteiger partial charge on any atom is 0.238 e. The largest absolute Gasteiger partial charge is 0.309 e. The quantitative estimate of drug-likeness (QED) is 0.194. The summed E-state index contributed by atoms with van der Waals surface area (Å²) >= 11 is 0. The fraction of sp³-hybridized carbons (Fsp3) is 0. The molecule has 0 saturated heterocycles. The van der Waals surface area contributed by atoms with Crippen molar-refractivity contribution in [3.8, 4) is 39.9 Å². The van der Waals surface area contributed by atoms with Crippen molar-refractivity contribution in [3.05, 3.63) is 152 Å². The van der Waals surface area contributed by atoms with Crippen LogP contribution < -0.4 is 15.9 Å². The van der Waals surface area contributed by atoms with Crippen LogP contribution in [0.5, 0.6) is 0 Å². The van der Waals surface area contributed by atoms with Crippen molar-refractivity contribution in [2.75, 3.05) is 0 Å². The number of fused-ring (bicyclic) bond motifs is 6. The van der Waals surface area contributed by atoms with Crippen molar-refractivity contribution in [2.24, 2.45) is 0 Å². The van der Waals surface area contributed by atoms with Gasteiger partial charge in [0.1, 0.15) is 0 Å². The summed E-state index contributed by atoms with van der Waals surface area (Å²) in [6.45, 7) is 0. The molecule has 3 heterocycles. The van der Waals surface area contributed by atoms with Gasteiger partial charge in [-0.05, 0) is 29.3 Å². The van der Waals surface area contributed by atoms with Crippen LogP contribution >= 0.6 is 7.14 Å². The predicted molar refractivity (Wildman–Crippen MR) is 183 cm³/mol. The average Bonchev–Trinajstić information content (AvgIpc) is 3.58. The zero-order valence-electron chi connectivity index (χ0n) is 24.1. The minimum absolute atomic E-state index is 0.534. The van der Waals surface area contributed by atoms with Crippen LogP contribution in [0.25, 0.3) is 61.7 Å². The molecule has 0 N–H and O–H groups in total. The second kappa shape index (κ2) is 9.95. The molecule has 1 aliphatic heterocycles. The Morgan fingerprint density at radius 1 is 0.467 bits per heavy atom.